The predicted molar refractivity (Wildman–Crippen MR) is 115 cm³/mol. The molecule has 0 aliphatic carbocycles. The average Bonchev–Trinajstić information content (AvgIpc) is 2.70. The van der Waals surface area contributed by atoms with E-state index in [1.807, 2.05) is 19.1 Å². The van der Waals surface area contributed by atoms with Crippen molar-refractivity contribution in [1.29, 1.82) is 0 Å². The van der Waals surface area contributed by atoms with Gasteiger partial charge in [0.05, 0.1) is 14.2 Å². The number of hydrogen-bond acceptors (Lipinski definition) is 5. The quantitative estimate of drug-likeness (QED) is 0.692. The lowest BCUT2D eigenvalue weighted by Crippen LogP contribution is -2.30. The van der Waals surface area contributed by atoms with Gasteiger partial charge in [0.1, 0.15) is 0 Å². The first-order valence-electron chi connectivity index (χ1n) is 9.47. The molecule has 0 saturated carbocycles. The smallest absolute Gasteiger partial charge is 0.254 e. The maximum Gasteiger partial charge on any atom is 0.254 e. The molecule has 0 unspecified atom stereocenters. The molecule has 0 aromatic heterocycles. The van der Waals surface area contributed by atoms with Crippen molar-refractivity contribution in [3.05, 3.63) is 47.5 Å². The fraction of sp³-hybridized carbons (Fsp3) is 0.318. The van der Waals surface area contributed by atoms with E-state index in [4.69, 9.17) is 9.47 Å². The zero-order valence-corrected chi connectivity index (χ0v) is 17.9. The summed E-state index contributed by atoms with van der Waals surface area (Å²) in [4.78, 5) is 37.7. The zero-order chi connectivity index (χ0) is 22.3. The first-order valence-corrected chi connectivity index (χ1v) is 9.47. The SMILES string of the molecule is CCN(Cc1ccc(OC)c(OC)c1)C(=O)c1cc(NC(C)=O)cc(NC(C)=O)c1. The van der Waals surface area contributed by atoms with Gasteiger partial charge in [-0.1, -0.05) is 6.07 Å². The van der Waals surface area contributed by atoms with Crippen LogP contribution < -0.4 is 20.1 Å². The van der Waals surface area contributed by atoms with Gasteiger partial charge in [-0.2, -0.15) is 0 Å². The van der Waals surface area contributed by atoms with Gasteiger partial charge < -0.3 is 25.0 Å². The van der Waals surface area contributed by atoms with Gasteiger partial charge in [0.2, 0.25) is 11.8 Å². The number of hydrogen-bond donors (Lipinski definition) is 2. The lowest BCUT2D eigenvalue weighted by atomic mass is 10.1. The standard InChI is InChI=1S/C22H27N3O5/c1-6-25(13-16-7-8-20(29-4)21(9-16)30-5)22(28)17-10-18(23-14(2)26)12-19(11-17)24-15(3)27/h7-12H,6,13H2,1-5H3,(H,23,26)(H,24,27). The maximum absolute atomic E-state index is 13.2. The summed E-state index contributed by atoms with van der Waals surface area (Å²) in [5, 5.41) is 5.31. The van der Waals surface area contributed by atoms with E-state index < -0.39 is 0 Å². The van der Waals surface area contributed by atoms with E-state index in [-0.39, 0.29) is 17.7 Å². The van der Waals surface area contributed by atoms with Crippen LogP contribution in [0.2, 0.25) is 0 Å². The molecular formula is C22H27N3O5. The molecule has 0 bridgehead atoms. The van der Waals surface area contributed by atoms with Gasteiger partial charge in [-0.25, -0.2) is 0 Å². The van der Waals surface area contributed by atoms with Crippen LogP contribution in [0, 0.1) is 0 Å². The molecule has 2 aromatic rings. The molecule has 0 fully saturated rings. The first-order chi connectivity index (χ1) is 14.3. The van der Waals surface area contributed by atoms with E-state index in [0.717, 1.165) is 5.56 Å². The van der Waals surface area contributed by atoms with Gasteiger partial charge in [0, 0.05) is 43.9 Å². The van der Waals surface area contributed by atoms with Crippen molar-refractivity contribution >= 4 is 29.1 Å². The Labute approximate surface area is 176 Å². The summed E-state index contributed by atoms with van der Waals surface area (Å²) in [5.74, 6) is 0.417. The molecule has 3 amide bonds. The first kappa shape index (κ1) is 22.7. The fourth-order valence-electron chi connectivity index (χ4n) is 3.01. The molecule has 30 heavy (non-hydrogen) atoms. The van der Waals surface area contributed by atoms with E-state index >= 15 is 0 Å². The minimum absolute atomic E-state index is 0.230. The Morgan fingerprint density at radius 1 is 0.867 bits per heavy atom. The second kappa shape index (κ2) is 10.3. The van der Waals surface area contributed by atoms with Crippen LogP contribution in [0.3, 0.4) is 0 Å². The van der Waals surface area contributed by atoms with Crippen molar-refractivity contribution in [2.24, 2.45) is 0 Å². The van der Waals surface area contributed by atoms with Crippen LogP contribution in [0.1, 0.15) is 36.7 Å². The molecule has 0 aliphatic rings. The second-order valence-electron chi connectivity index (χ2n) is 6.67. The van der Waals surface area contributed by atoms with Crippen LogP contribution in [0.5, 0.6) is 11.5 Å². The Morgan fingerprint density at radius 2 is 1.43 bits per heavy atom. The minimum atomic E-state index is -0.272. The van der Waals surface area contributed by atoms with Crippen molar-refractivity contribution in [3.8, 4) is 11.5 Å². The van der Waals surface area contributed by atoms with E-state index in [9.17, 15) is 14.4 Å². The summed E-state index contributed by atoms with van der Waals surface area (Å²) >= 11 is 0. The summed E-state index contributed by atoms with van der Waals surface area (Å²) in [5.41, 5.74) is 2.09. The molecule has 8 heteroatoms. The number of anilines is 2. The molecule has 2 aromatic carbocycles. The van der Waals surface area contributed by atoms with Gasteiger partial charge in [0.15, 0.2) is 11.5 Å². The Kier molecular flexibility index (Phi) is 7.80. The van der Waals surface area contributed by atoms with E-state index in [2.05, 4.69) is 10.6 Å². The number of rotatable bonds is 8. The lowest BCUT2D eigenvalue weighted by molar-refractivity contribution is -0.115. The predicted octanol–water partition coefficient (Wildman–Crippen LogP) is 3.28. The van der Waals surface area contributed by atoms with E-state index in [1.165, 1.54) is 13.8 Å². The minimum Gasteiger partial charge on any atom is -0.493 e. The van der Waals surface area contributed by atoms with E-state index in [0.29, 0.717) is 41.5 Å². The van der Waals surface area contributed by atoms with E-state index in [1.54, 1.807) is 43.4 Å². The summed E-state index contributed by atoms with van der Waals surface area (Å²) in [7, 11) is 3.12. The third-order valence-electron chi connectivity index (χ3n) is 4.31. The topological polar surface area (TPSA) is 97.0 Å². The normalized spacial score (nSPS) is 10.2. The van der Waals surface area contributed by atoms with Crippen LogP contribution >= 0.6 is 0 Å². The van der Waals surface area contributed by atoms with Crippen molar-refractivity contribution in [2.45, 2.75) is 27.3 Å². The molecule has 2 rings (SSSR count). The highest BCUT2D eigenvalue weighted by molar-refractivity contribution is 6.00. The monoisotopic (exact) mass is 413 g/mol. The van der Waals surface area contributed by atoms with Gasteiger partial charge in [-0.05, 0) is 42.8 Å². The molecule has 0 saturated heterocycles. The van der Waals surface area contributed by atoms with Gasteiger partial charge in [-0.3, -0.25) is 14.4 Å². The van der Waals surface area contributed by atoms with Crippen LogP contribution in [0.25, 0.3) is 0 Å². The summed E-state index contributed by atoms with van der Waals surface area (Å²) < 4.78 is 10.6. The third kappa shape index (κ3) is 5.97. The Hall–Kier alpha value is -3.55. The third-order valence-corrected chi connectivity index (χ3v) is 4.31. The van der Waals surface area contributed by atoms with Crippen molar-refractivity contribution < 1.29 is 23.9 Å². The Balaban J connectivity index is 2.33. The van der Waals surface area contributed by atoms with Crippen molar-refractivity contribution in [1.82, 2.24) is 4.90 Å². The number of nitrogens with zero attached hydrogens (tertiary/aromatic N) is 1. The summed E-state index contributed by atoms with van der Waals surface area (Å²) in [6.07, 6.45) is 0. The van der Waals surface area contributed by atoms with Crippen LogP contribution in [0.4, 0.5) is 11.4 Å². The maximum atomic E-state index is 13.2. The van der Waals surface area contributed by atoms with Crippen molar-refractivity contribution in [3.63, 3.8) is 0 Å². The number of carbonyl (C=O) groups is 3. The number of amides is 3. The highest BCUT2D eigenvalue weighted by Gasteiger charge is 2.18. The molecule has 0 radical (unpaired) electrons. The summed E-state index contributed by atoms with van der Waals surface area (Å²) in [6, 6.07) is 10.3. The van der Waals surface area contributed by atoms with Crippen LogP contribution in [0.15, 0.2) is 36.4 Å². The molecule has 2 N–H and O–H groups in total. The van der Waals surface area contributed by atoms with Crippen LogP contribution in [-0.4, -0.2) is 43.4 Å². The van der Waals surface area contributed by atoms with Crippen LogP contribution in [-0.2, 0) is 16.1 Å². The number of ether oxygens (including phenoxy) is 2. The number of nitrogens with one attached hydrogen (secondary N) is 2. The summed E-state index contributed by atoms with van der Waals surface area (Å²) in [6.45, 7) is 5.46. The largest absolute Gasteiger partial charge is 0.493 e. The van der Waals surface area contributed by atoms with Crippen molar-refractivity contribution in [2.75, 3.05) is 31.4 Å². The van der Waals surface area contributed by atoms with Gasteiger partial charge in [-0.15, -0.1) is 0 Å². The van der Waals surface area contributed by atoms with Gasteiger partial charge >= 0.3 is 0 Å². The Bertz CT molecular complexity index is 908. The molecular weight excluding hydrogens is 386 g/mol. The molecule has 0 spiro atoms. The number of benzene rings is 2. The molecule has 0 atom stereocenters. The highest BCUT2D eigenvalue weighted by atomic mass is 16.5. The fourth-order valence-corrected chi connectivity index (χ4v) is 3.01. The number of methoxy groups -OCH3 is 2. The number of carbonyl (C=O) groups excluding carboxylic acids is 3. The average molecular weight is 413 g/mol. The molecule has 0 aliphatic heterocycles. The second-order valence-corrected chi connectivity index (χ2v) is 6.67. The lowest BCUT2D eigenvalue weighted by Gasteiger charge is -2.22. The van der Waals surface area contributed by atoms with Gasteiger partial charge in [0.25, 0.3) is 5.91 Å². The molecule has 8 nitrogen and oxygen atoms in total. The molecule has 0 heterocycles. The zero-order valence-electron chi connectivity index (χ0n) is 17.9. The molecule has 160 valence electrons. The highest BCUT2D eigenvalue weighted by Crippen LogP contribution is 2.28. The Morgan fingerprint density at radius 3 is 1.90 bits per heavy atom.